The van der Waals surface area contributed by atoms with Crippen molar-refractivity contribution in [3.05, 3.63) is 34.1 Å². The van der Waals surface area contributed by atoms with Crippen LogP contribution in [0.25, 0.3) is 11.1 Å². The molecular formula is C19H22N2O4. The van der Waals surface area contributed by atoms with E-state index in [0.29, 0.717) is 24.4 Å². The molecule has 1 aliphatic rings. The molecule has 0 spiro atoms. The molecule has 1 aromatic heterocycles. The van der Waals surface area contributed by atoms with Crippen LogP contribution in [0, 0.1) is 11.8 Å². The van der Waals surface area contributed by atoms with Crippen LogP contribution >= 0.6 is 0 Å². The fraction of sp³-hybridized carbons (Fsp3) is 0.421. The predicted molar refractivity (Wildman–Crippen MR) is 94.9 cm³/mol. The van der Waals surface area contributed by atoms with E-state index in [9.17, 15) is 9.90 Å². The topological polar surface area (TPSA) is 65.6 Å². The zero-order valence-electron chi connectivity index (χ0n) is 14.7. The van der Waals surface area contributed by atoms with Gasteiger partial charge < -0.3 is 14.6 Å². The lowest BCUT2D eigenvalue weighted by Gasteiger charge is -2.11. The number of rotatable bonds is 3. The number of nitrogens with zero attached hydrogens (tertiary/aromatic N) is 2. The Morgan fingerprint density at radius 1 is 1.20 bits per heavy atom. The Bertz CT molecular complexity index is 899. The molecule has 132 valence electrons. The molecule has 2 heterocycles. The minimum absolute atomic E-state index is 0.0330. The number of benzene rings is 1. The minimum atomic E-state index is -0.220. The SMILES string of the molecule is CC#Cc1ccc(-c2c(O)n3n(c2=O)CCC(OC)CC3)c(OC)c1. The molecule has 1 unspecified atom stereocenters. The highest BCUT2D eigenvalue weighted by molar-refractivity contribution is 5.75. The van der Waals surface area contributed by atoms with Crippen molar-refractivity contribution in [3.63, 3.8) is 0 Å². The molecule has 6 nitrogen and oxygen atoms in total. The Balaban J connectivity index is 2.11. The predicted octanol–water partition coefficient (Wildman–Crippen LogP) is 2.21. The maximum atomic E-state index is 12.9. The first-order valence-electron chi connectivity index (χ1n) is 8.27. The number of ether oxygens (including phenoxy) is 2. The van der Waals surface area contributed by atoms with E-state index < -0.39 is 0 Å². The number of methoxy groups -OCH3 is 2. The molecule has 6 heteroatoms. The van der Waals surface area contributed by atoms with Gasteiger partial charge in [-0.25, -0.2) is 4.68 Å². The Morgan fingerprint density at radius 2 is 1.92 bits per heavy atom. The second-order valence-corrected chi connectivity index (χ2v) is 5.98. The first-order valence-corrected chi connectivity index (χ1v) is 8.27. The minimum Gasteiger partial charge on any atom is -0.496 e. The number of aromatic hydroxyl groups is 1. The third-order valence-corrected chi connectivity index (χ3v) is 4.61. The zero-order valence-corrected chi connectivity index (χ0v) is 14.7. The Kier molecular flexibility index (Phi) is 4.86. The van der Waals surface area contributed by atoms with E-state index in [2.05, 4.69) is 11.8 Å². The number of hydrogen-bond donors (Lipinski definition) is 1. The lowest BCUT2D eigenvalue weighted by Crippen LogP contribution is -2.22. The Hall–Kier alpha value is -2.65. The molecule has 0 bridgehead atoms. The van der Waals surface area contributed by atoms with Gasteiger partial charge in [0.15, 0.2) is 0 Å². The highest BCUT2D eigenvalue weighted by atomic mass is 16.5. The van der Waals surface area contributed by atoms with Crippen molar-refractivity contribution < 1.29 is 14.6 Å². The van der Waals surface area contributed by atoms with Gasteiger partial charge in [-0.3, -0.25) is 9.48 Å². The molecule has 0 aliphatic carbocycles. The van der Waals surface area contributed by atoms with E-state index in [1.165, 1.54) is 0 Å². The summed E-state index contributed by atoms with van der Waals surface area (Å²) < 4.78 is 14.0. The molecule has 0 radical (unpaired) electrons. The average Bonchev–Trinajstić information content (AvgIpc) is 2.78. The number of fused-ring (bicyclic) bond motifs is 1. The molecule has 1 aromatic carbocycles. The fourth-order valence-electron chi connectivity index (χ4n) is 3.29. The summed E-state index contributed by atoms with van der Waals surface area (Å²) in [6, 6.07) is 5.37. The molecule has 1 aliphatic heterocycles. The van der Waals surface area contributed by atoms with Crippen LogP contribution in [-0.2, 0) is 17.8 Å². The van der Waals surface area contributed by atoms with Crippen molar-refractivity contribution >= 4 is 0 Å². The van der Waals surface area contributed by atoms with E-state index in [4.69, 9.17) is 9.47 Å². The summed E-state index contributed by atoms with van der Waals surface area (Å²) in [4.78, 5) is 12.9. The molecule has 0 amide bonds. The van der Waals surface area contributed by atoms with Gasteiger partial charge >= 0.3 is 0 Å². The second-order valence-electron chi connectivity index (χ2n) is 5.98. The van der Waals surface area contributed by atoms with Gasteiger partial charge in [-0.05, 0) is 38.0 Å². The summed E-state index contributed by atoms with van der Waals surface area (Å²) in [5.74, 6) is 6.28. The van der Waals surface area contributed by atoms with E-state index in [1.54, 1.807) is 42.6 Å². The third-order valence-electron chi connectivity index (χ3n) is 4.61. The molecule has 0 fully saturated rings. The lowest BCUT2D eigenvalue weighted by molar-refractivity contribution is 0.0873. The van der Waals surface area contributed by atoms with Crippen molar-refractivity contribution in [2.75, 3.05) is 14.2 Å². The van der Waals surface area contributed by atoms with Crippen LogP contribution < -0.4 is 10.3 Å². The summed E-state index contributed by atoms with van der Waals surface area (Å²) in [7, 11) is 3.21. The van der Waals surface area contributed by atoms with Gasteiger partial charge in [-0.2, -0.15) is 0 Å². The van der Waals surface area contributed by atoms with Crippen LogP contribution in [0.15, 0.2) is 23.0 Å². The van der Waals surface area contributed by atoms with E-state index in [-0.39, 0.29) is 23.1 Å². The molecular weight excluding hydrogens is 320 g/mol. The molecule has 2 aromatic rings. The van der Waals surface area contributed by atoms with Crippen LogP contribution in [-0.4, -0.2) is 34.8 Å². The number of aromatic nitrogens is 2. The van der Waals surface area contributed by atoms with Crippen molar-refractivity contribution in [1.82, 2.24) is 9.36 Å². The number of hydrogen-bond acceptors (Lipinski definition) is 4. The standard InChI is InChI=1S/C19H22N2O4/c1-4-5-13-6-7-15(16(12-13)25-3)17-18(22)20-10-8-14(24-2)9-11-21(20)19(17)23/h6-7,12,14,22H,8-11H2,1-3H3. The Labute approximate surface area is 146 Å². The summed E-state index contributed by atoms with van der Waals surface area (Å²) in [5, 5.41) is 10.7. The van der Waals surface area contributed by atoms with Gasteiger partial charge in [0.2, 0.25) is 5.88 Å². The summed E-state index contributed by atoms with van der Waals surface area (Å²) in [5.41, 5.74) is 1.42. The first kappa shape index (κ1) is 17.2. The summed E-state index contributed by atoms with van der Waals surface area (Å²) in [6.07, 6.45) is 1.58. The largest absolute Gasteiger partial charge is 0.496 e. The van der Waals surface area contributed by atoms with E-state index >= 15 is 0 Å². The summed E-state index contributed by atoms with van der Waals surface area (Å²) >= 11 is 0. The monoisotopic (exact) mass is 342 g/mol. The van der Waals surface area contributed by atoms with Crippen molar-refractivity contribution in [2.45, 2.75) is 39.0 Å². The highest BCUT2D eigenvalue weighted by Gasteiger charge is 2.26. The third kappa shape index (κ3) is 3.03. The van der Waals surface area contributed by atoms with Gasteiger partial charge in [0.05, 0.1) is 13.2 Å². The quantitative estimate of drug-likeness (QED) is 0.869. The van der Waals surface area contributed by atoms with Crippen molar-refractivity contribution in [3.8, 4) is 34.6 Å². The van der Waals surface area contributed by atoms with E-state index in [1.807, 2.05) is 6.07 Å². The van der Waals surface area contributed by atoms with Gasteiger partial charge in [-0.15, -0.1) is 5.92 Å². The smallest absolute Gasteiger partial charge is 0.278 e. The maximum absolute atomic E-state index is 12.9. The van der Waals surface area contributed by atoms with Gasteiger partial charge in [0.25, 0.3) is 5.56 Å². The molecule has 1 N–H and O–H groups in total. The average molecular weight is 342 g/mol. The maximum Gasteiger partial charge on any atom is 0.278 e. The molecule has 0 saturated heterocycles. The molecule has 1 atom stereocenters. The fourth-order valence-corrected chi connectivity index (χ4v) is 3.29. The van der Waals surface area contributed by atoms with Crippen molar-refractivity contribution in [2.24, 2.45) is 0 Å². The normalized spacial score (nSPS) is 16.5. The molecule has 0 saturated carbocycles. The van der Waals surface area contributed by atoms with Crippen LogP contribution in [0.3, 0.4) is 0 Å². The van der Waals surface area contributed by atoms with Crippen LogP contribution in [0.4, 0.5) is 0 Å². The van der Waals surface area contributed by atoms with Crippen LogP contribution in [0.1, 0.15) is 25.3 Å². The van der Waals surface area contributed by atoms with Gasteiger partial charge in [0.1, 0.15) is 11.3 Å². The Morgan fingerprint density at radius 3 is 2.56 bits per heavy atom. The first-order chi connectivity index (χ1) is 12.1. The van der Waals surface area contributed by atoms with Crippen molar-refractivity contribution in [1.29, 1.82) is 0 Å². The van der Waals surface area contributed by atoms with E-state index in [0.717, 1.165) is 18.4 Å². The van der Waals surface area contributed by atoms with Crippen LogP contribution in [0.2, 0.25) is 0 Å². The zero-order chi connectivity index (χ0) is 18.0. The van der Waals surface area contributed by atoms with Gasteiger partial charge in [0, 0.05) is 31.3 Å². The molecule has 3 rings (SSSR count). The second kappa shape index (κ2) is 7.08. The summed E-state index contributed by atoms with van der Waals surface area (Å²) in [6.45, 7) is 2.80. The lowest BCUT2D eigenvalue weighted by atomic mass is 10.0. The molecule has 25 heavy (non-hydrogen) atoms. The van der Waals surface area contributed by atoms with Crippen LogP contribution in [0.5, 0.6) is 11.6 Å². The van der Waals surface area contributed by atoms with Gasteiger partial charge in [-0.1, -0.05) is 5.92 Å². The highest BCUT2D eigenvalue weighted by Crippen LogP contribution is 2.35.